The average molecular weight is 269 g/mol. The summed E-state index contributed by atoms with van der Waals surface area (Å²) in [5.74, 6) is -0.697. The number of carboxylic acid groups (broad SMARTS) is 1. The molecule has 0 spiro atoms. The molecule has 2 aromatic heterocycles. The Kier molecular flexibility index (Phi) is 3.04. The van der Waals surface area contributed by atoms with E-state index in [4.69, 9.17) is 9.84 Å². The van der Waals surface area contributed by atoms with E-state index in [1.807, 2.05) is 30.3 Å². The molecule has 0 atom stereocenters. The molecule has 6 heteroatoms. The average Bonchev–Trinajstić information content (AvgIpc) is 2.89. The number of carbonyl (C=O) groups is 1. The number of rotatable bonds is 4. The van der Waals surface area contributed by atoms with Gasteiger partial charge in [0.1, 0.15) is 12.2 Å². The van der Waals surface area contributed by atoms with E-state index in [1.54, 1.807) is 12.3 Å². The second-order valence-corrected chi connectivity index (χ2v) is 4.17. The molecule has 100 valence electrons. The van der Waals surface area contributed by atoms with Gasteiger partial charge >= 0.3 is 5.97 Å². The molecule has 3 aromatic rings. The van der Waals surface area contributed by atoms with Crippen molar-refractivity contribution in [2.45, 2.75) is 6.61 Å². The Bertz CT molecular complexity index is 753. The van der Waals surface area contributed by atoms with Crippen molar-refractivity contribution < 1.29 is 14.6 Å². The number of hydrogen-bond acceptors (Lipinski definition) is 4. The Balaban J connectivity index is 1.85. The first-order chi connectivity index (χ1) is 9.74. The SMILES string of the molecule is O=C(O)c1cnn2ccc(OCc3ccccc3)nc12. The standard InChI is InChI=1S/C14H11N3O3/c18-14(19)11-8-15-17-7-6-12(16-13(11)17)20-9-10-4-2-1-3-5-10/h1-8H,9H2,(H,18,19). The second kappa shape index (κ2) is 5.00. The summed E-state index contributed by atoms with van der Waals surface area (Å²) in [4.78, 5) is 15.2. The first-order valence-electron chi connectivity index (χ1n) is 5.98. The molecule has 3 rings (SSSR count). The lowest BCUT2D eigenvalue weighted by atomic mass is 10.2. The molecule has 0 aliphatic heterocycles. The molecule has 2 heterocycles. The number of ether oxygens (including phenoxy) is 1. The number of benzene rings is 1. The van der Waals surface area contributed by atoms with Crippen LogP contribution < -0.4 is 4.74 Å². The molecule has 0 aliphatic carbocycles. The topological polar surface area (TPSA) is 76.7 Å². The molecule has 0 saturated heterocycles. The fourth-order valence-corrected chi connectivity index (χ4v) is 1.82. The van der Waals surface area contributed by atoms with Gasteiger partial charge in [-0.25, -0.2) is 9.31 Å². The monoisotopic (exact) mass is 269 g/mol. The second-order valence-electron chi connectivity index (χ2n) is 4.17. The van der Waals surface area contributed by atoms with Crippen LogP contribution in [0.5, 0.6) is 5.88 Å². The van der Waals surface area contributed by atoms with Crippen molar-refractivity contribution in [2.24, 2.45) is 0 Å². The number of aromatic nitrogens is 3. The molecule has 0 amide bonds. The third kappa shape index (κ3) is 2.31. The van der Waals surface area contributed by atoms with Gasteiger partial charge in [0.2, 0.25) is 5.88 Å². The minimum Gasteiger partial charge on any atom is -0.477 e. The summed E-state index contributed by atoms with van der Waals surface area (Å²) in [5.41, 5.74) is 1.33. The zero-order chi connectivity index (χ0) is 13.9. The number of hydrogen-bond donors (Lipinski definition) is 1. The summed E-state index contributed by atoms with van der Waals surface area (Å²) in [6.07, 6.45) is 2.89. The van der Waals surface area contributed by atoms with Gasteiger partial charge in [-0.15, -0.1) is 0 Å². The predicted molar refractivity (Wildman–Crippen MR) is 70.7 cm³/mol. The van der Waals surface area contributed by atoms with Crippen LogP contribution in [0.15, 0.2) is 48.8 Å². The number of nitrogens with zero attached hydrogens (tertiary/aromatic N) is 3. The minimum atomic E-state index is -1.06. The van der Waals surface area contributed by atoms with Crippen molar-refractivity contribution in [1.29, 1.82) is 0 Å². The van der Waals surface area contributed by atoms with Crippen LogP contribution in [0.2, 0.25) is 0 Å². The molecular formula is C14H11N3O3. The summed E-state index contributed by atoms with van der Waals surface area (Å²) in [5, 5.41) is 13.0. The van der Waals surface area contributed by atoms with E-state index >= 15 is 0 Å². The van der Waals surface area contributed by atoms with Crippen LogP contribution in [-0.4, -0.2) is 25.7 Å². The molecule has 0 unspecified atom stereocenters. The molecule has 0 aliphatic rings. The van der Waals surface area contributed by atoms with Crippen LogP contribution in [0.4, 0.5) is 0 Å². The largest absolute Gasteiger partial charge is 0.477 e. The van der Waals surface area contributed by atoms with E-state index in [0.29, 0.717) is 12.5 Å². The maximum atomic E-state index is 11.0. The maximum Gasteiger partial charge on any atom is 0.341 e. The van der Waals surface area contributed by atoms with E-state index in [0.717, 1.165) is 5.56 Å². The maximum absolute atomic E-state index is 11.0. The number of fused-ring (bicyclic) bond motifs is 1. The lowest BCUT2D eigenvalue weighted by molar-refractivity contribution is 0.0698. The highest BCUT2D eigenvalue weighted by Gasteiger charge is 2.13. The van der Waals surface area contributed by atoms with E-state index < -0.39 is 5.97 Å². The van der Waals surface area contributed by atoms with Crippen molar-refractivity contribution >= 4 is 11.6 Å². The van der Waals surface area contributed by atoms with Gasteiger partial charge in [-0.05, 0) is 5.56 Å². The van der Waals surface area contributed by atoms with Crippen molar-refractivity contribution in [1.82, 2.24) is 14.6 Å². The van der Waals surface area contributed by atoms with Crippen LogP contribution in [0, 0.1) is 0 Å². The highest BCUT2D eigenvalue weighted by Crippen LogP contribution is 2.14. The molecule has 6 nitrogen and oxygen atoms in total. The van der Waals surface area contributed by atoms with E-state index in [-0.39, 0.29) is 11.2 Å². The summed E-state index contributed by atoms with van der Waals surface area (Å²) in [7, 11) is 0. The van der Waals surface area contributed by atoms with Crippen LogP contribution in [0.1, 0.15) is 15.9 Å². The molecule has 1 N–H and O–H groups in total. The molecule has 0 saturated carbocycles. The molecule has 20 heavy (non-hydrogen) atoms. The number of aromatic carboxylic acids is 1. The van der Waals surface area contributed by atoms with Crippen molar-refractivity contribution in [2.75, 3.05) is 0 Å². The normalized spacial score (nSPS) is 10.6. The Hall–Kier alpha value is -2.89. The summed E-state index contributed by atoms with van der Waals surface area (Å²) in [6, 6.07) is 11.3. The molecule has 0 bridgehead atoms. The smallest absolute Gasteiger partial charge is 0.341 e. The van der Waals surface area contributed by atoms with Gasteiger partial charge in [-0.2, -0.15) is 10.1 Å². The fraction of sp³-hybridized carbons (Fsp3) is 0.0714. The Morgan fingerprint density at radius 3 is 2.80 bits per heavy atom. The zero-order valence-corrected chi connectivity index (χ0v) is 10.4. The highest BCUT2D eigenvalue weighted by atomic mass is 16.5. The van der Waals surface area contributed by atoms with Gasteiger partial charge < -0.3 is 9.84 Å². The van der Waals surface area contributed by atoms with Gasteiger partial charge in [-0.3, -0.25) is 0 Å². The lowest BCUT2D eigenvalue weighted by Crippen LogP contribution is -2.01. The molecule has 0 radical (unpaired) electrons. The van der Waals surface area contributed by atoms with Crippen LogP contribution in [-0.2, 0) is 6.61 Å². The van der Waals surface area contributed by atoms with Gasteiger partial charge in [0.05, 0.1) is 6.20 Å². The Morgan fingerprint density at radius 1 is 1.25 bits per heavy atom. The zero-order valence-electron chi connectivity index (χ0n) is 10.4. The summed E-state index contributed by atoms with van der Waals surface area (Å²) in [6.45, 7) is 0.376. The van der Waals surface area contributed by atoms with E-state index in [2.05, 4.69) is 10.1 Å². The van der Waals surface area contributed by atoms with Crippen LogP contribution in [0.25, 0.3) is 5.65 Å². The first kappa shape index (κ1) is 12.2. The Morgan fingerprint density at radius 2 is 2.05 bits per heavy atom. The Labute approximate surface area is 114 Å². The van der Waals surface area contributed by atoms with Gasteiger partial charge in [0.25, 0.3) is 0 Å². The third-order valence-electron chi connectivity index (χ3n) is 2.80. The van der Waals surface area contributed by atoms with Gasteiger partial charge in [0, 0.05) is 12.3 Å². The molecular weight excluding hydrogens is 258 g/mol. The lowest BCUT2D eigenvalue weighted by Gasteiger charge is -2.05. The van der Waals surface area contributed by atoms with Crippen molar-refractivity contribution in [3.63, 3.8) is 0 Å². The van der Waals surface area contributed by atoms with E-state index in [9.17, 15) is 4.79 Å². The molecule has 0 fully saturated rings. The third-order valence-corrected chi connectivity index (χ3v) is 2.80. The van der Waals surface area contributed by atoms with Crippen molar-refractivity contribution in [3.05, 3.63) is 59.9 Å². The minimum absolute atomic E-state index is 0.0511. The van der Waals surface area contributed by atoms with Crippen LogP contribution >= 0.6 is 0 Å². The fourth-order valence-electron chi connectivity index (χ4n) is 1.82. The quantitative estimate of drug-likeness (QED) is 0.784. The van der Waals surface area contributed by atoms with Crippen LogP contribution in [0.3, 0.4) is 0 Å². The highest BCUT2D eigenvalue weighted by molar-refractivity contribution is 5.94. The van der Waals surface area contributed by atoms with Gasteiger partial charge in [0.15, 0.2) is 5.65 Å². The first-order valence-corrected chi connectivity index (χ1v) is 5.98. The summed E-state index contributed by atoms with van der Waals surface area (Å²) < 4.78 is 6.96. The van der Waals surface area contributed by atoms with Gasteiger partial charge in [-0.1, -0.05) is 30.3 Å². The van der Waals surface area contributed by atoms with Crippen molar-refractivity contribution in [3.8, 4) is 5.88 Å². The number of carboxylic acids is 1. The van der Waals surface area contributed by atoms with E-state index in [1.165, 1.54) is 10.7 Å². The summed E-state index contributed by atoms with van der Waals surface area (Å²) >= 11 is 0. The molecule has 1 aromatic carbocycles. The predicted octanol–water partition coefficient (Wildman–Crippen LogP) is 2.01.